The molecule has 28 heavy (non-hydrogen) atoms. The zero-order valence-electron chi connectivity index (χ0n) is 15.8. The predicted octanol–water partition coefficient (Wildman–Crippen LogP) is 5.00. The Balaban J connectivity index is 1.72. The van der Waals surface area contributed by atoms with Crippen LogP contribution in [0.25, 0.3) is 9.88 Å². The van der Waals surface area contributed by atoms with Crippen LogP contribution < -0.4 is 0 Å². The highest BCUT2D eigenvalue weighted by Gasteiger charge is 2.19. The highest BCUT2D eigenvalue weighted by atomic mass is 79.9. The molecule has 0 N–H and O–H groups in total. The lowest BCUT2D eigenvalue weighted by Crippen LogP contribution is -2.30. The van der Waals surface area contributed by atoms with E-state index < -0.39 is 0 Å². The van der Waals surface area contributed by atoms with E-state index in [1.807, 2.05) is 35.9 Å². The van der Waals surface area contributed by atoms with Gasteiger partial charge in [0, 0.05) is 48.0 Å². The summed E-state index contributed by atoms with van der Waals surface area (Å²) in [5.74, 6) is -0.126. The van der Waals surface area contributed by atoms with E-state index in [2.05, 4.69) is 20.9 Å². The van der Waals surface area contributed by atoms with Crippen LogP contribution in [-0.4, -0.2) is 47.2 Å². The Bertz CT molecular complexity index is 980. The molecular formula is C20H20BrN3O2S2. The number of nitrogens with zero attached hydrogens (tertiary/aromatic N) is 3. The Morgan fingerprint density at radius 1 is 1.07 bits per heavy atom. The number of amides is 2. The molecule has 2 heterocycles. The number of rotatable bonds is 6. The van der Waals surface area contributed by atoms with Gasteiger partial charge in [0.1, 0.15) is 10.7 Å². The second-order valence-corrected chi connectivity index (χ2v) is 9.07. The van der Waals surface area contributed by atoms with Crippen LogP contribution in [-0.2, 0) is 6.54 Å². The van der Waals surface area contributed by atoms with Crippen molar-refractivity contribution in [1.82, 2.24) is 14.8 Å². The highest BCUT2D eigenvalue weighted by molar-refractivity contribution is 9.10. The minimum Gasteiger partial charge on any atom is -0.345 e. The van der Waals surface area contributed by atoms with E-state index in [9.17, 15) is 9.59 Å². The summed E-state index contributed by atoms with van der Waals surface area (Å²) in [6.45, 7) is 3.00. The van der Waals surface area contributed by atoms with Gasteiger partial charge in [0.05, 0.1) is 4.88 Å². The fraction of sp³-hybridized carbons (Fsp3) is 0.250. The van der Waals surface area contributed by atoms with Gasteiger partial charge < -0.3 is 9.80 Å². The van der Waals surface area contributed by atoms with Gasteiger partial charge in [-0.1, -0.05) is 12.1 Å². The van der Waals surface area contributed by atoms with Gasteiger partial charge in [-0.2, -0.15) is 0 Å². The molecule has 3 aromatic rings. The first-order chi connectivity index (χ1) is 13.4. The molecule has 3 rings (SSSR count). The summed E-state index contributed by atoms with van der Waals surface area (Å²) in [4.78, 5) is 33.8. The lowest BCUT2D eigenvalue weighted by molar-refractivity contribution is 0.0746. The lowest BCUT2D eigenvalue weighted by atomic mass is 10.1. The molecule has 2 aromatic heterocycles. The quantitative estimate of drug-likeness (QED) is 0.501. The maximum atomic E-state index is 12.9. The second-order valence-electron chi connectivity index (χ2n) is 6.38. The second kappa shape index (κ2) is 8.98. The first-order valence-electron chi connectivity index (χ1n) is 8.68. The van der Waals surface area contributed by atoms with E-state index in [1.54, 1.807) is 47.4 Å². The summed E-state index contributed by atoms with van der Waals surface area (Å²) in [5.41, 5.74) is 2.07. The van der Waals surface area contributed by atoms with E-state index in [4.69, 9.17) is 0 Å². The fourth-order valence-corrected chi connectivity index (χ4v) is 4.93. The largest absolute Gasteiger partial charge is 0.345 e. The van der Waals surface area contributed by atoms with Crippen molar-refractivity contribution < 1.29 is 9.59 Å². The molecule has 0 atom stereocenters. The normalized spacial score (nSPS) is 10.7. The monoisotopic (exact) mass is 477 g/mol. The van der Waals surface area contributed by atoms with Crippen molar-refractivity contribution in [2.24, 2.45) is 0 Å². The first-order valence-corrected chi connectivity index (χ1v) is 11.2. The number of hydrogen-bond donors (Lipinski definition) is 0. The number of aromatic nitrogens is 1. The molecule has 0 aliphatic rings. The summed E-state index contributed by atoms with van der Waals surface area (Å²) >= 11 is 6.52. The summed E-state index contributed by atoms with van der Waals surface area (Å²) in [5, 5.41) is 4.66. The van der Waals surface area contributed by atoms with Crippen molar-refractivity contribution in [3.05, 3.63) is 62.4 Å². The van der Waals surface area contributed by atoms with Crippen molar-refractivity contribution in [3.8, 4) is 9.88 Å². The maximum absolute atomic E-state index is 12.9. The van der Waals surface area contributed by atoms with Crippen molar-refractivity contribution >= 4 is 50.4 Å². The number of hydrogen-bond acceptors (Lipinski definition) is 5. The number of thiophene rings is 1. The third-order valence-corrected chi connectivity index (χ3v) is 6.85. The predicted molar refractivity (Wildman–Crippen MR) is 118 cm³/mol. The standard InChI is InChI=1S/C20H20BrN3O2S2/c1-4-24(10-13-5-7-14(8-6-13)19(25)23(2)3)20(26)16-12-28-18(22-16)17-9-15(21)11-27-17/h5-9,11-12H,4,10H2,1-3H3. The van der Waals surface area contributed by atoms with Crippen LogP contribution in [0.5, 0.6) is 0 Å². The van der Waals surface area contributed by atoms with E-state index in [-0.39, 0.29) is 11.8 Å². The third kappa shape index (κ3) is 4.68. The Labute approximate surface area is 180 Å². The molecule has 0 saturated heterocycles. The van der Waals surface area contributed by atoms with Crippen molar-refractivity contribution in [2.75, 3.05) is 20.6 Å². The topological polar surface area (TPSA) is 53.5 Å². The van der Waals surface area contributed by atoms with Gasteiger partial charge in [-0.3, -0.25) is 9.59 Å². The molecule has 0 unspecified atom stereocenters. The molecule has 1 aromatic carbocycles. The Hall–Kier alpha value is -2.03. The minimum atomic E-state index is -0.0888. The van der Waals surface area contributed by atoms with Crippen LogP contribution in [0, 0.1) is 0 Å². The van der Waals surface area contributed by atoms with Crippen LogP contribution >= 0.6 is 38.6 Å². The van der Waals surface area contributed by atoms with Crippen LogP contribution in [0.4, 0.5) is 0 Å². The molecular weight excluding hydrogens is 458 g/mol. The molecule has 2 amide bonds. The molecule has 0 spiro atoms. The van der Waals surface area contributed by atoms with Crippen molar-refractivity contribution in [1.29, 1.82) is 0 Å². The van der Waals surface area contributed by atoms with E-state index in [0.29, 0.717) is 24.3 Å². The number of benzene rings is 1. The Kier molecular flexibility index (Phi) is 6.64. The third-order valence-electron chi connectivity index (χ3n) is 4.15. The molecule has 0 radical (unpaired) electrons. The van der Waals surface area contributed by atoms with Crippen LogP contribution in [0.1, 0.15) is 33.3 Å². The smallest absolute Gasteiger partial charge is 0.273 e. The van der Waals surface area contributed by atoms with Crippen molar-refractivity contribution in [2.45, 2.75) is 13.5 Å². The van der Waals surface area contributed by atoms with E-state index >= 15 is 0 Å². The molecule has 0 aliphatic carbocycles. The fourth-order valence-electron chi connectivity index (χ4n) is 2.63. The number of carbonyl (C=O) groups is 2. The molecule has 146 valence electrons. The molecule has 0 bridgehead atoms. The molecule has 0 saturated carbocycles. The van der Waals surface area contributed by atoms with Crippen LogP contribution in [0.15, 0.2) is 45.6 Å². The van der Waals surface area contributed by atoms with Crippen molar-refractivity contribution in [3.63, 3.8) is 0 Å². The summed E-state index contributed by atoms with van der Waals surface area (Å²) in [6, 6.07) is 9.38. The van der Waals surface area contributed by atoms with Gasteiger partial charge in [0.2, 0.25) is 0 Å². The van der Waals surface area contributed by atoms with Gasteiger partial charge in [-0.15, -0.1) is 22.7 Å². The van der Waals surface area contributed by atoms with Gasteiger partial charge in [-0.05, 0) is 46.6 Å². The number of halogens is 1. The van der Waals surface area contributed by atoms with Gasteiger partial charge >= 0.3 is 0 Å². The highest BCUT2D eigenvalue weighted by Crippen LogP contribution is 2.32. The summed E-state index contributed by atoms with van der Waals surface area (Å²) < 4.78 is 1.02. The van der Waals surface area contributed by atoms with Gasteiger partial charge in [0.15, 0.2) is 0 Å². The maximum Gasteiger partial charge on any atom is 0.273 e. The van der Waals surface area contributed by atoms with Crippen LogP contribution in [0.3, 0.4) is 0 Å². The van der Waals surface area contributed by atoms with Crippen LogP contribution in [0.2, 0.25) is 0 Å². The lowest BCUT2D eigenvalue weighted by Gasteiger charge is -2.20. The van der Waals surface area contributed by atoms with E-state index in [0.717, 1.165) is 19.9 Å². The average Bonchev–Trinajstić information content (AvgIpc) is 3.34. The molecule has 0 aliphatic heterocycles. The Morgan fingerprint density at radius 3 is 2.36 bits per heavy atom. The first kappa shape index (κ1) is 20.7. The Morgan fingerprint density at radius 2 is 1.79 bits per heavy atom. The summed E-state index contributed by atoms with van der Waals surface area (Å²) in [7, 11) is 3.45. The summed E-state index contributed by atoms with van der Waals surface area (Å²) in [6.07, 6.45) is 0. The minimum absolute atomic E-state index is 0.0369. The zero-order chi connectivity index (χ0) is 20.3. The van der Waals surface area contributed by atoms with Gasteiger partial charge in [0.25, 0.3) is 11.8 Å². The number of carbonyl (C=O) groups excluding carboxylic acids is 2. The average molecular weight is 478 g/mol. The molecule has 5 nitrogen and oxygen atoms in total. The number of thiazole rings is 1. The zero-order valence-corrected chi connectivity index (χ0v) is 19.0. The molecule has 0 fully saturated rings. The van der Waals surface area contributed by atoms with E-state index in [1.165, 1.54) is 11.3 Å². The molecule has 8 heteroatoms. The van der Waals surface area contributed by atoms with Gasteiger partial charge in [-0.25, -0.2) is 4.98 Å². The SMILES string of the molecule is CCN(Cc1ccc(C(=O)N(C)C)cc1)C(=O)c1csc(-c2cc(Br)cs2)n1.